The van der Waals surface area contributed by atoms with Crippen LogP contribution >= 0.6 is 24.8 Å². The molecule has 0 bridgehead atoms. The number of nitrogens with one attached hydrogen (secondary N) is 1. The van der Waals surface area contributed by atoms with Crippen LogP contribution in [0.4, 0.5) is 0 Å². The fraction of sp³-hybridized carbons (Fsp3) is 0.733. The summed E-state index contributed by atoms with van der Waals surface area (Å²) >= 11 is -2.84. The van der Waals surface area contributed by atoms with Crippen LogP contribution in [0.1, 0.15) is 27.2 Å². The minimum Gasteiger partial charge on any atom is -0.147 e. The summed E-state index contributed by atoms with van der Waals surface area (Å²) in [6.07, 6.45) is 8.00. The summed E-state index contributed by atoms with van der Waals surface area (Å²) in [6.45, 7) is 14.6. The van der Waals surface area contributed by atoms with Gasteiger partial charge in [-0.25, -0.2) is 0 Å². The Balaban J connectivity index is 0. The maximum atomic E-state index is 6.17. The molecule has 0 atom stereocenters. The smallest absolute Gasteiger partial charge is 0.147 e. The Morgan fingerprint density at radius 1 is 1.27 bits per heavy atom. The van der Waals surface area contributed by atoms with Gasteiger partial charge in [0.05, 0.1) is 0 Å². The Hall–Kier alpha value is 1.13. The van der Waals surface area contributed by atoms with Gasteiger partial charge >= 0.3 is 130 Å². The zero-order valence-electron chi connectivity index (χ0n) is 15.3. The van der Waals surface area contributed by atoms with Gasteiger partial charge in [-0.3, -0.25) is 0 Å². The van der Waals surface area contributed by atoms with E-state index in [2.05, 4.69) is 75.3 Å². The first-order chi connectivity index (χ1) is 8.81. The van der Waals surface area contributed by atoms with Crippen molar-refractivity contribution in [1.29, 1.82) is 0 Å². The minimum absolute atomic E-state index is 0. The van der Waals surface area contributed by atoms with Gasteiger partial charge in [0.15, 0.2) is 0 Å². The fourth-order valence-corrected chi connectivity index (χ4v) is 15.3. The van der Waals surface area contributed by atoms with E-state index < -0.39 is 22.6 Å². The third-order valence-electron chi connectivity index (χ3n) is 3.76. The second-order valence-corrected chi connectivity index (χ2v) is 30.4. The molecule has 0 aliphatic heterocycles. The molecule has 1 N–H and O–H groups in total. The molecule has 0 unspecified atom stereocenters. The Morgan fingerprint density at radius 3 is 2.18 bits per heavy atom. The van der Waals surface area contributed by atoms with Crippen LogP contribution in [0.15, 0.2) is 22.1 Å². The van der Waals surface area contributed by atoms with Crippen LogP contribution in [-0.4, -0.2) is 28.1 Å². The molecule has 0 saturated heterocycles. The van der Waals surface area contributed by atoms with E-state index in [9.17, 15) is 0 Å². The summed E-state index contributed by atoms with van der Waals surface area (Å²) in [5, 5.41) is 2.54. The van der Waals surface area contributed by atoms with Gasteiger partial charge in [0.2, 0.25) is 0 Å². The van der Waals surface area contributed by atoms with Crippen LogP contribution in [0.5, 0.6) is 0 Å². The summed E-state index contributed by atoms with van der Waals surface area (Å²) in [6, 6.07) is 0. The number of halogens is 2. The topological polar surface area (TPSA) is 21.3 Å². The molecule has 0 saturated carbocycles. The van der Waals surface area contributed by atoms with Crippen LogP contribution in [0.2, 0.25) is 29.6 Å². The van der Waals surface area contributed by atoms with E-state index in [0.717, 1.165) is 13.0 Å². The van der Waals surface area contributed by atoms with Crippen molar-refractivity contribution in [3.05, 3.63) is 22.1 Å². The van der Waals surface area contributed by atoms with E-state index in [0.29, 0.717) is 0 Å². The number of hydrogen-bond donors (Lipinski definition) is 1. The molecular weight excluding hydrogens is 385 g/mol. The maximum absolute atomic E-state index is 6.17. The van der Waals surface area contributed by atoms with Gasteiger partial charge in [-0.1, -0.05) is 0 Å². The van der Waals surface area contributed by atoms with Crippen LogP contribution in [-0.2, 0) is 18.7 Å². The van der Waals surface area contributed by atoms with Crippen LogP contribution in [0, 0.1) is 0 Å². The van der Waals surface area contributed by atoms with Crippen molar-refractivity contribution in [2.45, 2.75) is 62.3 Å². The average molecular weight is 420 g/mol. The molecule has 2 nitrogen and oxygen atoms in total. The second kappa shape index (κ2) is 8.48. The molecule has 7 heteroatoms. The predicted molar refractivity (Wildman–Crippen MR) is 108 cm³/mol. The Kier molecular flexibility index (Phi) is 9.78. The first-order valence-electron chi connectivity index (χ1n) is 7.67. The molecule has 0 spiro atoms. The van der Waals surface area contributed by atoms with Crippen molar-refractivity contribution in [2.24, 2.45) is 0 Å². The summed E-state index contributed by atoms with van der Waals surface area (Å²) in [5.41, 5.74) is 0.163. The molecule has 0 radical (unpaired) electrons. The van der Waals surface area contributed by atoms with Gasteiger partial charge in [-0.2, -0.15) is 0 Å². The third-order valence-corrected chi connectivity index (χ3v) is 17.1. The molecule has 132 valence electrons. The quantitative estimate of drug-likeness (QED) is 0.638. The molecule has 0 aromatic heterocycles. The van der Waals surface area contributed by atoms with Gasteiger partial charge in [-0.05, 0) is 0 Å². The summed E-state index contributed by atoms with van der Waals surface area (Å²) in [7, 11) is 0.853. The monoisotopic (exact) mass is 419 g/mol. The van der Waals surface area contributed by atoms with Crippen molar-refractivity contribution in [3.8, 4) is 0 Å². The number of rotatable bonds is 6. The van der Waals surface area contributed by atoms with Crippen LogP contribution in [0.3, 0.4) is 0 Å². The molecular formula is C15H35Cl2NOSi2Ti. The van der Waals surface area contributed by atoms with Gasteiger partial charge in [0.1, 0.15) is 0 Å². The molecule has 22 heavy (non-hydrogen) atoms. The molecule has 0 aromatic carbocycles. The SMILES string of the molecule is CC(C)(C)[NH][Ti]([CH3])(=[SiH2])([CH2]CO[Si](C)(C)C)[C]1=CC=CC1.Cl.Cl. The average Bonchev–Trinajstić information content (AvgIpc) is 2.63. The zero-order valence-corrected chi connectivity index (χ0v) is 20.9. The van der Waals surface area contributed by atoms with E-state index in [1.165, 1.54) is 4.73 Å². The zero-order chi connectivity index (χ0) is 15.7. The second-order valence-electron chi connectivity index (χ2n) is 8.70. The standard InChI is InChI=1S/C5H13OSi.C5H5.C4H10N.CH3.2ClH.H2Si.Ti/c1-5-6-7(2,3)4;1-2-4-5-3-1;1-4(2,3)5;;;;;/h1,5H2,2-4H3;1-3H,4H2;5H,1-3H3;1H3;2*1H;1H2;/q;;-1;;;;;+1. The van der Waals surface area contributed by atoms with Gasteiger partial charge < -0.3 is 0 Å². The first kappa shape index (κ1) is 25.4. The first-order valence-corrected chi connectivity index (χ1v) is 19.3. The van der Waals surface area contributed by atoms with E-state index in [1.807, 2.05) is 0 Å². The van der Waals surface area contributed by atoms with Crippen molar-refractivity contribution < 1.29 is 18.7 Å². The van der Waals surface area contributed by atoms with Crippen molar-refractivity contribution in [2.75, 3.05) is 6.61 Å². The van der Waals surface area contributed by atoms with Gasteiger partial charge in [-0.15, -0.1) is 24.8 Å². The third kappa shape index (κ3) is 8.29. The fourth-order valence-electron chi connectivity index (χ4n) is 3.02. The van der Waals surface area contributed by atoms with E-state index in [4.69, 9.17) is 4.43 Å². The number of allylic oxidation sites excluding steroid dienone is 4. The largest absolute Gasteiger partial charge is 0.147 e. The van der Waals surface area contributed by atoms with Crippen molar-refractivity contribution >= 4 is 40.8 Å². The molecule has 1 aliphatic carbocycles. The summed E-state index contributed by atoms with van der Waals surface area (Å²) in [4.78, 5) is 0. The summed E-state index contributed by atoms with van der Waals surface area (Å²) < 4.78 is 13.1. The van der Waals surface area contributed by atoms with E-state index >= 15 is 0 Å². The Bertz CT molecular complexity index is 493. The van der Waals surface area contributed by atoms with Gasteiger partial charge in [0, 0.05) is 0 Å². The molecule has 0 aromatic rings. The van der Waals surface area contributed by atoms with Crippen molar-refractivity contribution in [1.82, 2.24) is 3.80 Å². The van der Waals surface area contributed by atoms with E-state index in [1.54, 1.807) is 3.88 Å². The molecule has 0 fully saturated rings. The molecule has 1 rings (SSSR count). The number of hydrogen-bond acceptors (Lipinski definition) is 2. The van der Waals surface area contributed by atoms with Crippen LogP contribution in [0.25, 0.3) is 0 Å². The molecule has 0 heterocycles. The van der Waals surface area contributed by atoms with Crippen LogP contribution < -0.4 is 3.80 Å². The molecule has 1 aliphatic rings. The summed E-state index contributed by atoms with van der Waals surface area (Å²) in [5.74, 6) is 0. The maximum Gasteiger partial charge on any atom is -0.147 e. The van der Waals surface area contributed by atoms with E-state index in [-0.39, 0.29) is 30.4 Å². The Labute approximate surface area is 153 Å². The Morgan fingerprint density at radius 2 is 1.82 bits per heavy atom. The normalized spacial score (nSPS) is 15.9. The minimum atomic E-state index is -2.84. The predicted octanol–water partition coefficient (Wildman–Crippen LogP) is 4.53. The molecule has 0 amide bonds. The van der Waals surface area contributed by atoms with Crippen molar-refractivity contribution in [3.63, 3.8) is 0 Å². The van der Waals surface area contributed by atoms with Gasteiger partial charge in [0.25, 0.3) is 0 Å².